The summed E-state index contributed by atoms with van der Waals surface area (Å²) < 4.78 is 5.08. The Morgan fingerprint density at radius 1 is 1.29 bits per heavy atom. The van der Waals surface area contributed by atoms with Crippen molar-refractivity contribution in [3.8, 4) is 0 Å². The van der Waals surface area contributed by atoms with Crippen LogP contribution in [0.15, 0.2) is 41.4 Å². The molecule has 2 rings (SSSR count). The van der Waals surface area contributed by atoms with Crippen molar-refractivity contribution in [1.82, 2.24) is 15.3 Å². The number of nitrogens with zero attached hydrogens (tertiary/aromatic N) is 2. The number of hydrogen-bond donors (Lipinski definition) is 1. The molecular formula is C10H11N3O. The first-order valence-corrected chi connectivity index (χ1v) is 4.43. The van der Waals surface area contributed by atoms with Crippen molar-refractivity contribution in [1.29, 1.82) is 0 Å². The van der Waals surface area contributed by atoms with Crippen LogP contribution in [0.2, 0.25) is 0 Å². The molecule has 0 bridgehead atoms. The highest BCUT2D eigenvalue weighted by Gasteiger charge is 1.96. The first-order chi connectivity index (χ1) is 6.95. The van der Waals surface area contributed by atoms with Crippen LogP contribution in [0, 0.1) is 0 Å². The molecule has 0 fully saturated rings. The molecule has 0 saturated carbocycles. The minimum Gasteiger partial charge on any atom is -0.447 e. The van der Waals surface area contributed by atoms with Gasteiger partial charge in [0.25, 0.3) is 0 Å². The predicted octanol–water partition coefficient (Wildman–Crippen LogP) is 1.36. The van der Waals surface area contributed by atoms with Gasteiger partial charge < -0.3 is 9.73 Å². The molecule has 14 heavy (non-hydrogen) atoms. The Labute approximate surface area is 82.0 Å². The second kappa shape index (κ2) is 4.53. The summed E-state index contributed by atoms with van der Waals surface area (Å²) in [6, 6.07) is 5.85. The molecule has 0 spiro atoms. The van der Waals surface area contributed by atoms with Gasteiger partial charge in [0.2, 0.25) is 0 Å². The highest BCUT2D eigenvalue weighted by Crippen LogP contribution is 1.97. The SMILES string of the molecule is c1ccc(CNCc2cnco2)nc1. The minimum absolute atomic E-state index is 0.677. The average molecular weight is 189 g/mol. The van der Waals surface area contributed by atoms with Crippen LogP contribution >= 0.6 is 0 Å². The Morgan fingerprint density at radius 3 is 3.00 bits per heavy atom. The molecule has 2 heterocycles. The lowest BCUT2D eigenvalue weighted by Gasteiger charge is -2.00. The van der Waals surface area contributed by atoms with E-state index in [1.54, 1.807) is 12.4 Å². The molecule has 2 aromatic heterocycles. The van der Waals surface area contributed by atoms with E-state index in [1.807, 2.05) is 18.2 Å². The van der Waals surface area contributed by atoms with E-state index in [0.29, 0.717) is 6.54 Å². The first-order valence-electron chi connectivity index (χ1n) is 4.43. The Bertz CT molecular complexity index is 358. The molecule has 4 heteroatoms. The van der Waals surface area contributed by atoms with Gasteiger partial charge in [-0.2, -0.15) is 0 Å². The first kappa shape index (κ1) is 8.90. The maximum atomic E-state index is 5.08. The van der Waals surface area contributed by atoms with Crippen LogP contribution in [0.1, 0.15) is 11.5 Å². The van der Waals surface area contributed by atoms with E-state index in [9.17, 15) is 0 Å². The zero-order valence-electron chi connectivity index (χ0n) is 7.68. The zero-order valence-corrected chi connectivity index (χ0v) is 7.68. The van der Waals surface area contributed by atoms with E-state index in [2.05, 4.69) is 15.3 Å². The van der Waals surface area contributed by atoms with Gasteiger partial charge in [-0.15, -0.1) is 0 Å². The van der Waals surface area contributed by atoms with Crippen molar-refractivity contribution in [3.05, 3.63) is 48.4 Å². The zero-order chi connectivity index (χ0) is 9.64. The fourth-order valence-corrected chi connectivity index (χ4v) is 1.15. The Balaban J connectivity index is 1.79. The molecule has 0 radical (unpaired) electrons. The number of rotatable bonds is 4. The summed E-state index contributed by atoms with van der Waals surface area (Å²) in [5, 5.41) is 3.21. The Morgan fingerprint density at radius 2 is 2.29 bits per heavy atom. The Kier molecular flexibility index (Phi) is 2.88. The number of pyridine rings is 1. The molecule has 0 aliphatic carbocycles. The third kappa shape index (κ3) is 2.40. The molecule has 0 atom stereocenters. The summed E-state index contributed by atoms with van der Waals surface area (Å²) in [6.07, 6.45) is 4.91. The molecule has 0 saturated heterocycles. The van der Waals surface area contributed by atoms with Gasteiger partial charge in [0.15, 0.2) is 6.39 Å². The fraction of sp³-hybridized carbons (Fsp3) is 0.200. The van der Waals surface area contributed by atoms with Crippen LogP contribution in [0.3, 0.4) is 0 Å². The summed E-state index contributed by atoms with van der Waals surface area (Å²) in [7, 11) is 0. The van der Waals surface area contributed by atoms with Gasteiger partial charge in [0.1, 0.15) is 5.76 Å². The van der Waals surface area contributed by atoms with E-state index in [0.717, 1.165) is 18.0 Å². The maximum Gasteiger partial charge on any atom is 0.180 e. The molecule has 0 aliphatic heterocycles. The van der Waals surface area contributed by atoms with Crippen molar-refractivity contribution >= 4 is 0 Å². The second-order valence-corrected chi connectivity index (χ2v) is 2.89. The molecular weight excluding hydrogens is 178 g/mol. The number of aromatic nitrogens is 2. The van der Waals surface area contributed by atoms with Crippen molar-refractivity contribution in [2.24, 2.45) is 0 Å². The van der Waals surface area contributed by atoms with Gasteiger partial charge in [0.05, 0.1) is 18.4 Å². The third-order valence-electron chi connectivity index (χ3n) is 1.81. The summed E-state index contributed by atoms with van der Waals surface area (Å²) in [5.41, 5.74) is 1.02. The third-order valence-corrected chi connectivity index (χ3v) is 1.81. The lowest BCUT2D eigenvalue weighted by molar-refractivity contribution is 0.478. The van der Waals surface area contributed by atoms with E-state index in [1.165, 1.54) is 6.39 Å². The van der Waals surface area contributed by atoms with E-state index < -0.39 is 0 Å². The van der Waals surface area contributed by atoms with Crippen LogP contribution in [0.4, 0.5) is 0 Å². The van der Waals surface area contributed by atoms with Crippen molar-refractivity contribution in [2.75, 3.05) is 0 Å². The standard InChI is InChI=1S/C10H11N3O/c1-2-4-13-9(3-1)5-11-6-10-7-12-8-14-10/h1-4,7-8,11H,5-6H2. The topological polar surface area (TPSA) is 51.0 Å². The molecule has 0 aromatic carbocycles. The largest absolute Gasteiger partial charge is 0.447 e. The van der Waals surface area contributed by atoms with E-state index >= 15 is 0 Å². The smallest absolute Gasteiger partial charge is 0.180 e. The van der Waals surface area contributed by atoms with Crippen LogP contribution in [-0.4, -0.2) is 9.97 Å². The minimum atomic E-state index is 0.677. The van der Waals surface area contributed by atoms with Gasteiger partial charge in [-0.05, 0) is 12.1 Å². The molecule has 72 valence electrons. The second-order valence-electron chi connectivity index (χ2n) is 2.89. The lowest BCUT2D eigenvalue weighted by Crippen LogP contribution is -2.12. The number of nitrogens with one attached hydrogen (secondary N) is 1. The van der Waals surface area contributed by atoms with Crippen LogP contribution in [-0.2, 0) is 13.1 Å². The molecule has 2 aromatic rings. The van der Waals surface area contributed by atoms with Gasteiger partial charge >= 0.3 is 0 Å². The molecule has 0 amide bonds. The summed E-state index contributed by atoms with van der Waals surface area (Å²) in [4.78, 5) is 8.01. The Hall–Kier alpha value is -1.68. The van der Waals surface area contributed by atoms with Gasteiger partial charge in [-0.25, -0.2) is 4.98 Å². The quantitative estimate of drug-likeness (QED) is 0.789. The summed E-state index contributed by atoms with van der Waals surface area (Å²) >= 11 is 0. The fourth-order valence-electron chi connectivity index (χ4n) is 1.15. The molecule has 1 N–H and O–H groups in total. The van der Waals surface area contributed by atoms with Crippen molar-refractivity contribution in [3.63, 3.8) is 0 Å². The van der Waals surface area contributed by atoms with Crippen LogP contribution in [0.25, 0.3) is 0 Å². The van der Waals surface area contributed by atoms with Gasteiger partial charge in [-0.1, -0.05) is 6.07 Å². The normalized spacial score (nSPS) is 10.3. The highest BCUT2D eigenvalue weighted by molar-refractivity contribution is 5.03. The van der Waals surface area contributed by atoms with E-state index in [-0.39, 0.29) is 0 Å². The highest BCUT2D eigenvalue weighted by atomic mass is 16.3. The van der Waals surface area contributed by atoms with Crippen molar-refractivity contribution in [2.45, 2.75) is 13.1 Å². The predicted molar refractivity (Wildman–Crippen MR) is 51.3 cm³/mol. The monoisotopic (exact) mass is 189 g/mol. The van der Waals surface area contributed by atoms with Crippen molar-refractivity contribution < 1.29 is 4.42 Å². The molecule has 4 nitrogen and oxygen atoms in total. The number of oxazole rings is 1. The van der Waals surface area contributed by atoms with Crippen LogP contribution < -0.4 is 5.32 Å². The summed E-state index contributed by atoms with van der Waals surface area (Å²) in [6.45, 7) is 1.41. The average Bonchev–Trinajstić information content (AvgIpc) is 2.72. The van der Waals surface area contributed by atoms with E-state index in [4.69, 9.17) is 4.42 Å². The maximum absolute atomic E-state index is 5.08. The molecule has 0 unspecified atom stereocenters. The van der Waals surface area contributed by atoms with Gasteiger partial charge in [0, 0.05) is 12.7 Å². The van der Waals surface area contributed by atoms with Gasteiger partial charge in [-0.3, -0.25) is 4.98 Å². The number of hydrogen-bond acceptors (Lipinski definition) is 4. The molecule has 0 aliphatic rings. The summed E-state index contributed by atoms with van der Waals surface area (Å²) in [5.74, 6) is 0.834. The van der Waals surface area contributed by atoms with Crippen LogP contribution in [0.5, 0.6) is 0 Å². The lowest BCUT2D eigenvalue weighted by atomic mass is 10.3.